The number of rotatable bonds is 6. The molecule has 0 radical (unpaired) electrons. The topological polar surface area (TPSA) is 55.6 Å². The van der Waals surface area contributed by atoms with Gasteiger partial charge in [-0.3, -0.25) is 4.79 Å². The van der Waals surface area contributed by atoms with Gasteiger partial charge in [0, 0.05) is 18.8 Å². The van der Waals surface area contributed by atoms with Crippen LogP contribution in [-0.4, -0.2) is 30.5 Å². The zero-order chi connectivity index (χ0) is 13.5. The smallest absolute Gasteiger partial charge is 0.260 e. The molecule has 0 bridgehead atoms. The summed E-state index contributed by atoms with van der Waals surface area (Å²) in [6, 6.07) is 6.98. The molecule has 0 aromatic heterocycles. The number of carbonyl (C=O) groups is 1. The van der Waals surface area contributed by atoms with E-state index in [0.717, 1.165) is 5.57 Å². The number of nitrogen functional groups attached to an aromatic ring is 1. The summed E-state index contributed by atoms with van der Waals surface area (Å²) in [7, 11) is 0. The van der Waals surface area contributed by atoms with Crippen LogP contribution in [-0.2, 0) is 4.79 Å². The highest BCUT2D eigenvalue weighted by Gasteiger charge is 2.12. The van der Waals surface area contributed by atoms with Gasteiger partial charge in [-0.1, -0.05) is 12.2 Å². The molecule has 0 spiro atoms. The van der Waals surface area contributed by atoms with Crippen LogP contribution in [0, 0.1) is 0 Å². The molecule has 0 fully saturated rings. The first kappa shape index (κ1) is 14.1. The Bertz CT molecular complexity index is 412. The Hall–Kier alpha value is -1.97. The molecule has 18 heavy (non-hydrogen) atoms. The molecule has 98 valence electrons. The minimum atomic E-state index is -0.0441. The van der Waals surface area contributed by atoms with E-state index in [1.54, 1.807) is 29.2 Å². The summed E-state index contributed by atoms with van der Waals surface area (Å²) in [5, 5.41) is 0. The van der Waals surface area contributed by atoms with E-state index in [1.807, 2.05) is 13.8 Å². The fourth-order valence-corrected chi connectivity index (χ4v) is 1.50. The van der Waals surface area contributed by atoms with Crippen molar-refractivity contribution in [3.8, 4) is 5.75 Å². The summed E-state index contributed by atoms with van der Waals surface area (Å²) in [5.41, 5.74) is 7.20. The highest BCUT2D eigenvalue weighted by atomic mass is 16.5. The van der Waals surface area contributed by atoms with Crippen LogP contribution >= 0.6 is 0 Å². The fraction of sp³-hybridized carbons (Fsp3) is 0.357. The summed E-state index contributed by atoms with van der Waals surface area (Å²) in [6.45, 7) is 8.89. The summed E-state index contributed by atoms with van der Waals surface area (Å²) in [5.74, 6) is 0.598. The minimum absolute atomic E-state index is 0.0328. The molecule has 0 atom stereocenters. The molecular formula is C14H20N2O2. The summed E-state index contributed by atoms with van der Waals surface area (Å²) >= 11 is 0. The predicted octanol–water partition coefficient (Wildman–Crippen LogP) is 2.07. The van der Waals surface area contributed by atoms with E-state index in [4.69, 9.17) is 10.5 Å². The normalized spacial score (nSPS) is 9.89. The predicted molar refractivity (Wildman–Crippen MR) is 73.4 cm³/mol. The van der Waals surface area contributed by atoms with Crippen molar-refractivity contribution in [2.45, 2.75) is 13.8 Å². The van der Waals surface area contributed by atoms with Gasteiger partial charge in [-0.2, -0.15) is 0 Å². The molecule has 0 aliphatic carbocycles. The standard InChI is InChI=1S/C14H20N2O2/c1-4-16(9-11(2)3)14(17)10-18-13-7-5-12(15)6-8-13/h5-8H,2,4,9-10,15H2,1,3H3. The van der Waals surface area contributed by atoms with Crippen molar-refractivity contribution < 1.29 is 9.53 Å². The Kier molecular flexibility index (Phi) is 5.24. The Morgan fingerprint density at radius 1 is 1.39 bits per heavy atom. The van der Waals surface area contributed by atoms with Gasteiger partial charge in [0.2, 0.25) is 0 Å². The number of ether oxygens (including phenoxy) is 1. The molecule has 1 aromatic carbocycles. The lowest BCUT2D eigenvalue weighted by atomic mass is 10.3. The molecule has 0 aliphatic heterocycles. The van der Waals surface area contributed by atoms with Gasteiger partial charge in [0.1, 0.15) is 5.75 Å². The number of likely N-dealkylation sites (N-methyl/N-ethyl adjacent to an activating group) is 1. The second kappa shape index (κ2) is 6.69. The number of amides is 1. The Morgan fingerprint density at radius 3 is 2.50 bits per heavy atom. The van der Waals surface area contributed by atoms with Crippen molar-refractivity contribution in [2.75, 3.05) is 25.4 Å². The molecule has 0 unspecified atom stereocenters. The molecule has 1 amide bonds. The van der Waals surface area contributed by atoms with E-state index < -0.39 is 0 Å². The number of benzene rings is 1. The van der Waals surface area contributed by atoms with Crippen molar-refractivity contribution in [1.29, 1.82) is 0 Å². The van der Waals surface area contributed by atoms with Crippen LogP contribution in [0.25, 0.3) is 0 Å². The van der Waals surface area contributed by atoms with Crippen molar-refractivity contribution in [1.82, 2.24) is 4.90 Å². The van der Waals surface area contributed by atoms with Gasteiger partial charge < -0.3 is 15.4 Å². The van der Waals surface area contributed by atoms with Gasteiger partial charge in [-0.15, -0.1) is 0 Å². The Labute approximate surface area is 108 Å². The first-order valence-corrected chi connectivity index (χ1v) is 5.93. The van der Waals surface area contributed by atoms with Crippen molar-refractivity contribution in [3.63, 3.8) is 0 Å². The van der Waals surface area contributed by atoms with Crippen LogP contribution in [0.5, 0.6) is 5.75 Å². The third-order valence-corrected chi connectivity index (χ3v) is 2.44. The highest BCUT2D eigenvalue weighted by Crippen LogP contribution is 2.13. The average Bonchev–Trinajstić information content (AvgIpc) is 2.34. The third kappa shape index (κ3) is 4.49. The van der Waals surface area contributed by atoms with Crippen LogP contribution in [0.3, 0.4) is 0 Å². The third-order valence-electron chi connectivity index (χ3n) is 2.44. The van der Waals surface area contributed by atoms with Crippen LogP contribution in [0.15, 0.2) is 36.4 Å². The van der Waals surface area contributed by atoms with Gasteiger partial charge in [0.15, 0.2) is 6.61 Å². The van der Waals surface area contributed by atoms with Crippen molar-refractivity contribution in [3.05, 3.63) is 36.4 Å². The quantitative estimate of drug-likeness (QED) is 0.619. The minimum Gasteiger partial charge on any atom is -0.484 e. The lowest BCUT2D eigenvalue weighted by Crippen LogP contribution is -2.35. The number of nitrogens with two attached hydrogens (primary N) is 1. The zero-order valence-corrected chi connectivity index (χ0v) is 11.0. The molecule has 0 saturated heterocycles. The van der Waals surface area contributed by atoms with E-state index in [0.29, 0.717) is 24.5 Å². The molecule has 0 heterocycles. The lowest BCUT2D eigenvalue weighted by Gasteiger charge is -2.21. The zero-order valence-electron chi connectivity index (χ0n) is 11.0. The SMILES string of the molecule is C=C(C)CN(CC)C(=O)COc1ccc(N)cc1. The maximum Gasteiger partial charge on any atom is 0.260 e. The van der Waals surface area contributed by atoms with E-state index in [1.165, 1.54) is 0 Å². The largest absolute Gasteiger partial charge is 0.484 e. The Balaban J connectivity index is 2.49. The molecule has 4 nitrogen and oxygen atoms in total. The van der Waals surface area contributed by atoms with Crippen LogP contribution in [0.4, 0.5) is 5.69 Å². The molecule has 1 aromatic rings. The van der Waals surface area contributed by atoms with Crippen molar-refractivity contribution >= 4 is 11.6 Å². The molecule has 2 N–H and O–H groups in total. The average molecular weight is 248 g/mol. The first-order chi connectivity index (χ1) is 8.52. The molecular weight excluding hydrogens is 228 g/mol. The molecule has 0 aliphatic rings. The summed E-state index contributed by atoms with van der Waals surface area (Å²) in [6.07, 6.45) is 0. The number of carbonyl (C=O) groups excluding carboxylic acids is 1. The van der Waals surface area contributed by atoms with Crippen LogP contribution in [0.2, 0.25) is 0 Å². The maximum absolute atomic E-state index is 11.9. The second-order valence-electron chi connectivity index (χ2n) is 4.22. The van der Waals surface area contributed by atoms with E-state index in [9.17, 15) is 4.79 Å². The van der Waals surface area contributed by atoms with Gasteiger partial charge in [0.25, 0.3) is 5.91 Å². The molecule has 4 heteroatoms. The number of hydrogen-bond acceptors (Lipinski definition) is 3. The second-order valence-corrected chi connectivity index (χ2v) is 4.22. The summed E-state index contributed by atoms with van der Waals surface area (Å²) < 4.78 is 5.41. The van der Waals surface area contributed by atoms with Gasteiger partial charge in [0.05, 0.1) is 0 Å². The molecule has 1 rings (SSSR count). The van der Waals surface area contributed by atoms with E-state index >= 15 is 0 Å². The van der Waals surface area contributed by atoms with Crippen LogP contribution in [0.1, 0.15) is 13.8 Å². The van der Waals surface area contributed by atoms with E-state index in [-0.39, 0.29) is 12.5 Å². The van der Waals surface area contributed by atoms with Gasteiger partial charge in [-0.05, 0) is 38.1 Å². The van der Waals surface area contributed by atoms with Gasteiger partial charge >= 0.3 is 0 Å². The number of anilines is 1. The monoisotopic (exact) mass is 248 g/mol. The van der Waals surface area contributed by atoms with E-state index in [2.05, 4.69) is 6.58 Å². The Morgan fingerprint density at radius 2 is 2.00 bits per heavy atom. The number of nitrogens with zero attached hydrogens (tertiary/aromatic N) is 1. The summed E-state index contributed by atoms with van der Waals surface area (Å²) in [4.78, 5) is 13.6. The lowest BCUT2D eigenvalue weighted by molar-refractivity contribution is -0.132. The van der Waals surface area contributed by atoms with Crippen molar-refractivity contribution in [2.24, 2.45) is 0 Å². The van der Waals surface area contributed by atoms with Gasteiger partial charge in [-0.25, -0.2) is 0 Å². The highest BCUT2D eigenvalue weighted by molar-refractivity contribution is 5.78. The maximum atomic E-state index is 11.9. The fourth-order valence-electron chi connectivity index (χ4n) is 1.50. The van der Waals surface area contributed by atoms with Crippen LogP contribution < -0.4 is 10.5 Å². The first-order valence-electron chi connectivity index (χ1n) is 5.93. The number of hydrogen-bond donors (Lipinski definition) is 1. The molecule has 0 saturated carbocycles.